The molecule has 3 N–H and O–H groups in total. The van der Waals surface area contributed by atoms with E-state index >= 15 is 0 Å². The molecule has 0 saturated carbocycles. The predicted octanol–water partition coefficient (Wildman–Crippen LogP) is 2.67. The molecule has 4 nitrogen and oxygen atoms in total. The average molecular weight is 252 g/mol. The highest BCUT2D eigenvalue weighted by Crippen LogP contribution is 2.30. The highest BCUT2D eigenvalue weighted by Gasteiger charge is 2.22. The van der Waals surface area contributed by atoms with Gasteiger partial charge in [0.2, 0.25) is 0 Å². The Hall–Kier alpha value is -0.840. The Labute approximate surface area is 109 Å². The highest BCUT2D eigenvalue weighted by atomic mass is 16.5. The number of furan rings is 1. The van der Waals surface area contributed by atoms with E-state index in [1.54, 1.807) is 0 Å². The maximum atomic E-state index is 5.70. The first-order valence-corrected chi connectivity index (χ1v) is 6.77. The molecule has 0 bridgehead atoms. The molecule has 18 heavy (non-hydrogen) atoms. The molecule has 4 heteroatoms. The van der Waals surface area contributed by atoms with Crippen LogP contribution in [0.3, 0.4) is 0 Å². The first-order chi connectivity index (χ1) is 8.63. The molecule has 1 aromatic rings. The Morgan fingerprint density at radius 3 is 2.61 bits per heavy atom. The second kappa shape index (κ2) is 5.87. The Morgan fingerprint density at radius 2 is 2.11 bits per heavy atom. The van der Waals surface area contributed by atoms with Gasteiger partial charge in [0.1, 0.15) is 11.5 Å². The van der Waals surface area contributed by atoms with E-state index < -0.39 is 0 Å². The van der Waals surface area contributed by atoms with Gasteiger partial charge in [-0.05, 0) is 52.0 Å². The molecule has 1 saturated heterocycles. The van der Waals surface area contributed by atoms with Gasteiger partial charge in [-0.3, -0.25) is 11.3 Å². The van der Waals surface area contributed by atoms with Crippen LogP contribution in [0.25, 0.3) is 0 Å². The molecule has 0 amide bonds. The maximum Gasteiger partial charge on any atom is 0.106 e. The second-order valence-corrected chi connectivity index (χ2v) is 5.18. The number of ether oxygens (including phenoxy) is 1. The second-order valence-electron chi connectivity index (χ2n) is 5.18. The third-order valence-electron chi connectivity index (χ3n) is 3.97. The first kappa shape index (κ1) is 13.6. The summed E-state index contributed by atoms with van der Waals surface area (Å²) in [6.45, 7) is 7.01. The lowest BCUT2D eigenvalue weighted by molar-refractivity contribution is 0.0995. The topological polar surface area (TPSA) is 60.4 Å². The van der Waals surface area contributed by atoms with E-state index in [0.29, 0.717) is 6.10 Å². The molecule has 1 aliphatic heterocycles. The third-order valence-corrected chi connectivity index (χ3v) is 3.97. The summed E-state index contributed by atoms with van der Waals surface area (Å²) in [7, 11) is 0. The number of hydrogen-bond acceptors (Lipinski definition) is 4. The van der Waals surface area contributed by atoms with Crippen molar-refractivity contribution in [3.63, 3.8) is 0 Å². The smallest absolute Gasteiger partial charge is 0.106 e. The molecule has 2 heterocycles. The van der Waals surface area contributed by atoms with Crippen LogP contribution in [0.5, 0.6) is 0 Å². The summed E-state index contributed by atoms with van der Waals surface area (Å²) in [5, 5.41) is 0. The summed E-state index contributed by atoms with van der Waals surface area (Å²) in [6.07, 6.45) is 4.82. The van der Waals surface area contributed by atoms with Crippen LogP contribution in [0.15, 0.2) is 4.42 Å². The number of nitrogens with one attached hydrogen (secondary N) is 1. The van der Waals surface area contributed by atoms with Crippen molar-refractivity contribution in [3.05, 3.63) is 22.6 Å². The third kappa shape index (κ3) is 2.76. The van der Waals surface area contributed by atoms with Crippen LogP contribution < -0.4 is 11.3 Å². The van der Waals surface area contributed by atoms with Crippen molar-refractivity contribution in [1.29, 1.82) is 0 Å². The zero-order valence-electron chi connectivity index (χ0n) is 11.6. The van der Waals surface area contributed by atoms with Gasteiger partial charge in [0, 0.05) is 18.2 Å². The Morgan fingerprint density at radius 1 is 1.33 bits per heavy atom. The molecule has 2 rings (SSSR count). The fraction of sp³-hybridized carbons (Fsp3) is 0.714. The van der Waals surface area contributed by atoms with Crippen molar-refractivity contribution in [1.82, 2.24) is 5.43 Å². The van der Waals surface area contributed by atoms with Crippen LogP contribution in [0.4, 0.5) is 0 Å². The lowest BCUT2D eigenvalue weighted by Crippen LogP contribution is -2.29. The van der Waals surface area contributed by atoms with Crippen LogP contribution >= 0.6 is 0 Å². The Balaban J connectivity index is 2.03. The van der Waals surface area contributed by atoms with Gasteiger partial charge in [-0.1, -0.05) is 0 Å². The molecule has 1 fully saturated rings. The Kier molecular flexibility index (Phi) is 4.43. The molecule has 0 aromatic carbocycles. The molecule has 1 aromatic heterocycles. The molecule has 0 radical (unpaired) electrons. The van der Waals surface area contributed by atoms with Gasteiger partial charge in [0.05, 0.1) is 6.10 Å². The van der Waals surface area contributed by atoms with Crippen molar-refractivity contribution in [2.45, 2.75) is 58.6 Å². The molecule has 2 unspecified atom stereocenters. The summed E-state index contributed by atoms with van der Waals surface area (Å²) < 4.78 is 11.3. The van der Waals surface area contributed by atoms with E-state index in [0.717, 1.165) is 31.0 Å². The largest absolute Gasteiger partial charge is 0.466 e. The van der Waals surface area contributed by atoms with Crippen molar-refractivity contribution in [2.75, 3.05) is 6.61 Å². The van der Waals surface area contributed by atoms with Gasteiger partial charge in [-0.2, -0.15) is 0 Å². The number of hydrogen-bond donors (Lipinski definition) is 2. The van der Waals surface area contributed by atoms with E-state index in [4.69, 9.17) is 15.0 Å². The van der Waals surface area contributed by atoms with Crippen LogP contribution in [0.2, 0.25) is 0 Å². The van der Waals surface area contributed by atoms with Gasteiger partial charge < -0.3 is 9.15 Å². The minimum absolute atomic E-state index is 0.159. The molecule has 0 spiro atoms. The summed E-state index contributed by atoms with van der Waals surface area (Å²) in [5.74, 6) is 7.66. The van der Waals surface area contributed by atoms with Gasteiger partial charge in [-0.15, -0.1) is 0 Å². The minimum atomic E-state index is 0.159. The monoisotopic (exact) mass is 252 g/mol. The molecule has 2 atom stereocenters. The van der Waals surface area contributed by atoms with Crippen LogP contribution in [0.1, 0.15) is 54.4 Å². The molecular weight excluding hydrogens is 228 g/mol. The zero-order valence-corrected chi connectivity index (χ0v) is 11.6. The summed E-state index contributed by atoms with van der Waals surface area (Å²) in [6, 6.07) is 0.159. The summed E-state index contributed by atoms with van der Waals surface area (Å²) in [4.78, 5) is 0. The standard InChI is InChI=1S/C14H24N2O2/c1-9-10(2)18-11(3)14(9)13(16-15)7-6-12-5-4-8-17-12/h12-13,16H,4-8,15H2,1-3H3. The number of nitrogens with two attached hydrogens (primary N) is 1. The Bertz CT molecular complexity index is 395. The van der Waals surface area contributed by atoms with Gasteiger partial charge >= 0.3 is 0 Å². The summed E-state index contributed by atoms with van der Waals surface area (Å²) in [5.41, 5.74) is 5.35. The molecule has 0 aliphatic carbocycles. The van der Waals surface area contributed by atoms with Crippen LogP contribution in [-0.4, -0.2) is 12.7 Å². The van der Waals surface area contributed by atoms with E-state index in [-0.39, 0.29) is 6.04 Å². The number of hydrazine groups is 1. The van der Waals surface area contributed by atoms with Gasteiger partial charge in [0.15, 0.2) is 0 Å². The van der Waals surface area contributed by atoms with Crippen molar-refractivity contribution >= 4 is 0 Å². The average Bonchev–Trinajstić information content (AvgIpc) is 2.93. The lowest BCUT2D eigenvalue weighted by Gasteiger charge is -2.18. The lowest BCUT2D eigenvalue weighted by atomic mass is 9.96. The normalized spacial score (nSPS) is 21.4. The maximum absolute atomic E-state index is 5.70. The zero-order chi connectivity index (χ0) is 13.1. The fourth-order valence-electron chi connectivity index (χ4n) is 2.86. The van der Waals surface area contributed by atoms with E-state index in [9.17, 15) is 0 Å². The number of rotatable bonds is 5. The van der Waals surface area contributed by atoms with Gasteiger partial charge in [0.25, 0.3) is 0 Å². The van der Waals surface area contributed by atoms with Crippen LogP contribution in [-0.2, 0) is 4.74 Å². The quantitative estimate of drug-likeness (QED) is 0.625. The first-order valence-electron chi connectivity index (χ1n) is 6.77. The molecule has 102 valence electrons. The predicted molar refractivity (Wildman–Crippen MR) is 71.2 cm³/mol. The minimum Gasteiger partial charge on any atom is -0.466 e. The molecule has 1 aliphatic rings. The van der Waals surface area contributed by atoms with Crippen molar-refractivity contribution in [2.24, 2.45) is 5.84 Å². The van der Waals surface area contributed by atoms with Gasteiger partial charge in [-0.25, -0.2) is 0 Å². The molecular formula is C14H24N2O2. The fourth-order valence-corrected chi connectivity index (χ4v) is 2.86. The van der Waals surface area contributed by atoms with E-state index in [2.05, 4.69) is 12.3 Å². The van der Waals surface area contributed by atoms with E-state index in [1.165, 1.54) is 24.0 Å². The summed E-state index contributed by atoms with van der Waals surface area (Å²) >= 11 is 0. The SMILES string of the molecule is Cc1oc(C)c(C(CCC2CCCO2)NN)c1C. The van der Waals surface area contributed by atoms with Crippen LogP contribution in [0, 0.1) is 20.8 Å². The van der Waals surface area contributed by atoms with E-state index in [1.807, 2.05) is 13.8 Å². The number of aryl methyl sites for hydroxylation is 2. The van der Waals surface area contributed by atoms with Crippen molar-refractivity contribution < 1.29 is 9.15 Å². The van der Waals surface area contributed by atoms with Crippen molar-refractivity contribution in [3.8, 4) is 0 Å². The highest BCUT2D eigenvalue weighted by molar-refractivity contribution is 5.34.